The van der Waals surface area contributed by atoms with E-state index in [-0.39, 0.29) is 16.8 Å². The van der Waals surface area contributed by atoms with E-state index in [0.717, 1.165) is 50.2 Å². The summed E-state index contributed by atoms with van der Waals surface area (Å²) in [7, 11) is 1.11. The summed E-state index contributed by atoms with van der Waals surface area (Å²) in [5.41, 5.74) is 0.374. The summed E-state index contributed by atoms with van der Waals surface area (Å²) < 4.78 is 18.8. The number of alkyl carbamates (subject to hydrolysis) is 1. The van der Waals surface area contributed by atoms with Gasteiger partial charge in [0.1, 0.15) is 17.9 Å². The molecule has 1 saturated carbocycles. The van der Waals surface area contributed by atoms with E-state index in [4.69, 9.17) is 11.6 Å². The molecule has 8 nitrogen and oxygen atoms in total. The number of aliphatic hydroxyl groups is 1. The number of benzene rings is 2. The number of nitrogens with one attached hydrogen (secondary N) is 2. The van der Waals surface area contributed by atoms with Gasteiger partial charge in [0, 0.05) is 22.3 Å². The van der Waals surface area contributed by atoms with E-state index in [1.54, 1.807) is 24.3 Å². The van der Waals surface area contributed by atoms with E-state index >= 15 is 0 Å². The number of anilines is 1. The monoisotopic (exact) mass is 505 g/mol. The highest BCUT2D eigenvalue weighted by Gasteiger charge is 2.38. The third-order valence-electron chi connectivity index (χ3n) is 5.94. The standard InChI is InChI=1S/C25H29ClFN3O5/c1-35-25(34)29-21(15-31)24(33)30(18-11-7-8-16(27)14-18)22(19-12-5-6-13-20(19)26)23(32)28-17-9-3-2-4-10-17/h5-8,11-14,17,21-22,31H,2-4,9-10,15H2,1H3,(H,28,32)(H,29,34)/t21-,22-/m0/s1. The van der Waals surface area contributed by atoms with Crippen molar-refractivity contribution in [2.45, 2.75) is 50.2 Å². The summed E-state index contributed by atoms with van der Waals surface area (Å²) in [5, 5.41) is 15.4. The molecule has 0 aliphatic heterocycles. The van der Waals surface area contributed by atoms with Crippen LogP contribution in [0.5, 0.6) is 0 Å². The molecule has 35 heavy (non-hydrogen) atoms. The Balaban J connectivity index is 2.11. The fourth-order valence-corrected chi connectivity index (χ4v) is 4.44. The zero-order valence-corrected chi connectivity index (χ0v) is 20.1. The van der Waals surface area contributed by atoms with Gasteiger partial charge in [0.05, 0.1) is 13.7 Å². The van der Waals surface area contributed by atoms with Gasteiger partial charge in [0.2, 0.25) is 5.91 Å². The van der Waals surface area contributed by atoms with E-state index in [2.05, 4.69) is 15.4 Å². The molecule has 2 aromatic carbocycles. The van der Waals surface area contributed by atoms with Crippen LogP contribution in [0.1, 0.15) is 43.7 Å². The van der Waals surface area contributed by atoms with Crippen molar-refractivity contribution in [1.82, 2.24) is 10.6 Å². The number of rotatable bonds is 8. The van der Waals surface area contributed by atoms with Gasteiger partial charge in [-0.15, -0.1) is 0 Å². The number of ether oxygens (including phenoxy) is 1. The van der Waals surface area contributed by atoms with Crippen molar-refractivity contribution in [1.29, 1.82) is 0 Å². The third kappa shape index (κ3) is 6.70. The smallest absolute Gasteiger partial charge is 0.407 e. The van der Waals surface area contributed by atoms with Crippen molar-refractivity contribution in [2.24, 2.45) is 0 Å². The van der Waals surface area contributed by atoms with Crippen molar-refractivity contribution >= 4 is 35.2 Å². The van der Waals surface area contributed by atoms with Crippen molar-refractivity contribution < 1.29 is 28.6 Å². The lowest BCUT2D eigenvalue weighted by Gasteiger charge is -2.35. The Bertz CT molecular complexity index is 1050. The Labute approximate surface area is 208 Å². The minimum Gasteiger partial charge on any atom is -0.453 e. The maximum atomic E-state index is 14.3. The first kappa shape index (κ1) is 26.4. The molecule has 3 amide bonds. The Morgan fingerprint density at radius 1 is 1.14 bits per heavy atom. The van der Waals surface area contributed by atoms with Crippen LogP contribution in [0, 0.1) is 5.82 Å². The fraction of sp³-hybridized carbons (Fsp3) is 0.400. The Hall–Kier alpha value is -3.17. The number of methoxy groups -OCH3 is 1. The van der Waals surface area contributed by atoms with Gasteiger partial charge in [0.25, 0.3) is 5.91 Å². The maximum Gasteiger partial charge on any atom is 0.407 e. The highest BCUT2D eigenvalue weighted by atomic mass is 35.5. The van der Waals surface area contributed by atoms with Gasteiger partial charge in [-0.1, -0.05) is 55.1 Å². The Morgan fingerprint density at radius 3 is 2.49 bits per heavy atom. The molecule has 1 aliphatic carbocycles. The van der Waals surface area contributed by atoms with Gasteiger partial charge in [-0.25, -0.2) is 9.18 Å². The van der Waals surface area contributed by atoms with Crippen molar-refractivity contribution in [3.05, 3.63) is 64.9 Å². The highest BCUT2D eigenvalue weighted by Crippen LogP contribution is 2.33. The second-order valence-electron chi connectivity index (χ2n) is 8.33. The lowest BCUT2D eigenvalue weighted by Crippen LogP contribution is -2.55. The maximum absolute atomic E-state index is 14.3. The molecule has 10 heteroatoms. The van der Waals surface area contributed by atoms with E-state index < -0.39 is 42.4 Å². The predicted octanol–water partition coefficient (Wildman–Crippen LogP) is 3.72. The minimum atomic E-state index is -1.46. The van der Waals surface area contributed by atoms with E-state index in [0.29, 0.717) is 5.56 Å². The molecular weight excluding hydrogens is 477 g/mol. The number of amides is 3. The average molecular weight is 506 g/mol. The molecule has 0 saturated heterocycles. The van der Waals surface area contributed by atoms with Crippen LogP contribution in [0.4, 0.5) is 14.9 Å². The number of carbonyl (C=O) groups excluding carboxylic acids is 3. The van der Waals surface area contributed by atoms with Crippen molar-refractivity contribution in [3.8, 4) is 0 Å². The number of aliphatic hydroxyl groups excluding tert-OH is 1. The molecule has 3 rings (SSSR count). The SMILES string of the molecule is COC(=O)N[C@@H](CO)C(=O)N(c1cccc(F)c1)[C@H](C(=O)NC1CCCCC1)c1ccccc1Cl. The number of hydrogen-bond acceptors (Lipinski definition) is 5. The first-order chi connectivity index (χ1) is 16.8. The van der Waals surface area contributed by atoms with Gasteiger partial charge < -0.3 is 20.5 Å². The molecular formula is C25H29ClFN3O5. The van der Waals surface area contributed by atoms with Gasteiger partial charge >= 0.3 is 6.09 Å². The second-order valence-corrected chi connectivity index (χ2v) is 8.73. The summed E-state index contributed by atoms with van der Waals surface area (Å²) in [5.74, 6) is -1.98. The zero-order valence-electron chi connectivity index (χ0n) is 19.4. The Kier molecular flexibility index (Phi) is 9.45. The minimum absolute atomic E-state index is 0.0591. The Morgan fingerprint density at radius 2 is 1.86 bits per heavy atom. The molecule has 0 radical (unpaired) electrons. The molecule has 188 valence electrons. The lowest BCUT2D eigenvalue weighted by molar-refractivity contribution is -0.128. The summed E-state index contributed by atoms with van der Waals surface area (Å²) in [6, 6.07) is 8.88. The normalized spacial score (nSPS) is 15.5. The van der Waals surface area contributed by atoms with Crippen LogP contribution in [0.15, 0.2) is 48.5 Å². The van der Waals surface area contributed by atoms with Crippen molar-refractivity contribution in [3.63, 3.8) is 0 Å². The molecule has 1 fully saturated rings. The summed E-state index contributed by atoms with van der Waals surface area (Å²) in [6.45, 7) is -0.779. The number of hydrogen-bond donors (Lipinski definition) is 3. The molecule has 0 heterocycles. The summed E-state index contributed by atoms with van der Waals surface area (Å²) in [4.78, 5) is 40.3. The van der Waals surface area contributed by atoms with Crippen LogP contribution < -0.4 is 15.5 Å². The number of carbonyl (C=O) groups is 3. The quantitative estimate of drug-likeness (QED) is 0.507. The van der Waals surface area contributed by atoms with Gasteiger partial charge in [0.15, 0.2) is 0 Å². The molecule has 2 aromatic rings. The van der Waals surface area contributed by atoms with Crippen LogP contribution in [0.3, 0.4) is 0 Å². The molecule has 2 atom stereocenters. The topological polar surface area (TPSA) is 108 Å². The van der Waals surface area contributed by atoms with Crippen molar-refractivity contribution in [2.75, 3.05) is 18.6 Å². The highest BCUT2D eigenvalue weighted by molar-refractivity contribution is 6.31. The molecule has 0 unspecified atom stereocenters. The first-order valence-corrected chi connectivity index (χ1v) is 11.8. The van der Waals surface area contributed by atoms with Crippen LogP contribution in [0.2, 0.25) is 5.02 Å². The number of nitrogens with zero attached hydrogens (tertiary/aromatic N) is 1. The predicted molar refractivity (Wildman–Crippen MR) is 130 cm³/mol. The molecule has 1 aliphatic rings. The zero-order chi connectivity index (χ0) is 25.4. The van der Waals surface area contributed by atoms with Crippen LogP contribution in [-0.4, -0.2) is 48.8 Å². The summed E-state index contributed by atoms with van der Waals surface area (Å²) in [6.07, 6.45) is 3.70. The average Bonchev–Trinajstić information content (AvgIpc) is 2.86. The number of halogens is 2. The van der Waals surface area contributed by atoms with Gasteiger partial charge in [-0.05, 0) is 37.1 Å². The largest absolute Gasteiger partial charge is 0.453 e. The second kappa shape index (κ2) is 12.5. The fourth-order valence-electron chi connectivity index (χ4n) is 4.21. The lowest BCUT2D eigenvalue weighted by atomic mass is 9.94. The first-order valence-electron chi connectivity index (χ1n) is 11.4. The van der Waals surface area contributed by atoms with Gasteiger partial charge in [-0.2, -0.15) is 0 Å². The molecule has 0 spiro atoms. The third-order valence-corrected chi connectivity index (χ3v) is 6.28. The summed E-state index contributed by atoms with van der Waals surface area (Å²) >= 11 is 6.46. The van der Waals surface area contributed by atoms with Crippen LogP contribution >= 0.6 is 11.6 Å². The van der Waals surface area contributed by atoms with Crippen LogP contribution in [0.25, 0.3) is 0 Å². The van der Waals surface area contributed by atoms with Gasteiger partial charge in [-0.3, -0.25) is 14.5 Å². The van der Waals surface area contributed by atoms with Crippen LogP contribution in [-0.2, 0) is 14.3 Å². The van der Waals surface area contributed by atoms with E-state index in [9.17, 15) is 23.9 Å². The molecule has 3 N–H and O–H groups in total. The van der Waals surface area contributed by atoms with E-state index in [1.807, 2.05) is 0 Å². The van der Waals surface area contributed by atoms with E-state index in [1.165, 1.54) is 18.2 Å². The molecule has 0 aromatic heterocycles. The molecule has 0 bridgehead atoms.